The van der Waals surface area contributed by atoms with E-state index in [4.69, 9.17) is 4.42 Å². The zero-order chi connectivity index (χ0) is 25.8. The van der Waals surface area contributed by atoms with E-state index in [0.717, 1.165) is 31.4 Å². The number of amides is 2. The highest BCUT2D eigenvalue weighted by atomic mass is 16.4. The van der Waals surface area contributed by atoms with Crippen molar-refractivity contribution in [1.29, 1.82) is 0 Å². The minimum absolute atomic E-state index is 0.00317. The van der Waals surface area contributed by atoms with Gasteiger partial charge in [-0.1, -0.05) is 25.5 Å². The maximum absolute atomic E-state index is 13.1. The Balaban J connectivity index is 1.13. The maximum Gasteiger partial charge on any atom is 0.335 e. The molecule has 1 aromatic heterocycles. The van der Waals surface area contributed by atoms with E-state index in [-0.39, 0.29) is 35.8 Å². The molecule has 8 atom stereocenters. The molecule has 3 N–H and O–H groups in total. The molecule has 0 bridgehead atoms. The van der Waals surface area contributed by atoms with Crippen LogP contribution in [0.4, 0.5) is 4.79 Å². The summed E-state index contributed by atoms with van der Waals surface area (Å²) >= 11 is 0. The van der Waals surface area contributed by atoms with Crippen molar-refractivity contribution in [3.63, 3.8) is 0 Å². The van der Waals surface area contributed by atoms with Gasteiger partial charge in [0.1, 0.15) is 0 Å². The Morgan fingerprint density at radius 1 is 1.22 bits per heavy atom. The number of allylic oxidation sites excluding steroid dienone is 2. The largest absolute Gasteiger partial charge is 0.431 e. The van der Waals surface area contributed by atoms with Crippen LogP contribution in [0.2, 0.25) is 0 Å². The van der Waals surface area contributed by atoms with Crippen LogP contribution in [0.5, 0.6) is 0 Å². The Morgan fingerprint density at radius 3 is 2.86 bits per heavy atom. The highest BCUT2D eigenvalue weighted by molar-refractivity contribution is 5.75. The molecule has 5 aliphatic rings. The van der Waals surface area contributed by atoms with E-state index in [9.17, 15) is 14.7 Å². The second kappa shape index (κ2) is 9.57. The Hall–Kier alpha value is -2.12. The van der Waals surface area contributed by atoms with Crippen LogP contribution in [0.1, 0.15) is 76.7 Å². The van der Waals surface area contributed by atoms with Gasteiger partial charge in [0, 0.05) is 31.7 Å². The smallest absolute Gasteiger partial charge is 0.335 e. The van der Waals surface area contributed by atoms with Crippen molar-refractivity contribution in [2.24, 2.45) is 28.6 Å². The molecule has 6 rings (SSSR count). The number of aliphatic hydroxyl groups is 1. The number of aliphatic hydroxyl groups excluding tert-OH is 1. The molecule has 37 heavy (non-hydrogen) atoms. The lowest BCUT2D eigenvalue weighted by Gasteiger charge is -2.60. The number of rotatable bonds is 3. The van der Waals surface area contributed by atoms with E-state index < -0.39 is 0 Å². The first-order valence-corrected chi connectivity index (χ1v) is 14.5. The lowest BCUT2D eigenvalue weighted by molar-refractivity contribution is -0.0589. The zero-order valence-corrected chi connectivity index (χ0v) is 22.4. The summed E-state index contributed by atoms with van der Waals surface area (Å²) < 4.78 is 5.25. The third-order valence-corrected chi connectivity index (χ3v) is 11.3. The molecule has 1 aliphatic heterocycles. The van der Waals surface area contributed by atoms with E-state index in [2.05, 4.69) is 30.6 Å². The molecule has 1 aromatic rings. The van der Waals surface area contributed by atoms with Gasteiger partial charge in [0.05, 0.1) is 18.9 Å². The number of nitrogens with one attached hydrogen (secondary N) is 2. The number of hydrogen-bond donors (Lipinski definition) is 3. The molecule has 3 saturated carbocycles. The monoisotopic (exact) mass is 509 g/mol. The van der Waals surface area contributed by atoms with Crippen molar-refractivity contribution in [3.05, 3.63) is 46.0 Å². The number of piperazine rings is 1. The van der Waals surface area contributed by atoms with E-state index in [1.54, 1.807) is 17.9 Å². The van der Waals surface area contributed by atoms with Crippen LogP contribution in [0, 0.1) is 28.6 Å². The fourth-order valence-electron chi connectivity index (χ4n) is 9.24. The molecule has 4 fully saturated rings. The van der Waals surface area contributed by atoms with Gasteiger partial charge in [-0.25, -0.2) is 9.59 Å². The number of fused-ring (bicyclic) bond motifs is 5. The molecule has 7 nitrogen and oxygen atoms in total. The minimum Gasteiger partial charge on any atom is -0.431 e. The van der Waals surface area contributed by atoms with Crippen LogP contribution in [0.25, 0.3) is 0 Å². The zero-order valence-electron chi connectivity index (χ0n) is 22.4. The maximum atomic E-state index is 13.1. The van der Waals surface area contributed by atoms with Crippen molar-refractivity contribution in [2.45, 2.75) is 83.2 Å². The second-order valence-electron chi connectivity index (χ2n) is 12.9. The number of nitrogens with zero attached hydrogens (tertiary/aromatic N) is 1. The van der Waals surface area contributed by atoms with Crippen LogP contribution >= 0.6 is 0 Å². The predicted molar refractivity (Wildman–Crippen MR) is 142 cm³/mol. The highest BCUT2D eigenvalue weighted by Gasteiger charge is 2.57. The Labute approximate surface area is 220 Å². The third kappa shape index (κ3) is 4.17. The molecule has 4 aliphatic carbocycles. The predicted octanol–water partition coefficient (Wildman–Crippen LogP) is 4.03. The summed E-state index contributed by atoms with van der Waals surface area (Å²) in [5, 5.41) is 16.3. The van der Waals surface area contributed by atoms with Crippen LogP contribution in [-0.4, -0.2) is 54.4 Å². The number of hydrogen-bond acceptors (Lipinski definition) is 5. The quantitative estimate of drug-likeness (QED) is 0.535. The van der Waals surface area contributed by atoms with Gasteiger partial charge in [-0.3, -0.25) is 0 Å². The summed E-state index contributed by atoms with van der Waals surface area (Å²) in [6.07, 6.45) is 13.5. The molecule has 202 valence electrons. The Kier molecular flexibility index (Phi) is 6.51. The van der Waals surface area contributed by atoms with Crippen molar-refractivity contribution in [1.82, 2.24) is 15.5 Å². The average Bonchev–Trinajstić information content (AvgIpc) is 3.26. The topological polar surface area (TPSA) is 94.8 Å². The van der Waals surface area contributed by atoms with Crippen LogP contribution in [0.3, 0.4) is 0 Å². The SMILES string of the molecule is C[C@]12CC[C@H](NC(=O)N3CCNC[C@H]3CO)C[C@H]1CC[C@H]1C3=CC[C@H](c4ccc(=O)oc4)[C@@]3(C)CC[C@@H]12. The normalized spacial score (nSPS) is 41.3. The van der Waals surface area contributed by atoms with Crippen molar-refractivity contribution >= 4 is 6.03 Å². The van der Waals surface area contributed by atoms with Gasteiger partial charge in [-0.05, 0) is 97.5 Å². The van der Waals surface area contributed by atoms with Gasteiger partial charge in [0.15, 0.2) is 0 Å². The average molecular weight is 510 g/mol. The van der Waals surface area contributed by atoms with Gasteiger partial charge in [-0.15, -0.1) is 0 Å². The summed E-state index contributed by atoms with van der Waals surface area (Å²) in [6, 6.07) is 3.63. The first kappa shape index (κ1) is 25.2. The van der Waals surface area contributed by atoms with Crippen LogP contribution in [-0.2, 0) is 0 Å². The molecule has 0 spiro atoms. The Bertz CT molecular complexity index is 1100. The Morgan fingerprint density at radius 2 is 2.08 bits per heavy atom. The summed E-state index contributed by atoms with van der Waals surface area (Å²) in [6.45, 7) is 7.10. The molecule has 1 saturated heterocycles. The lowest BCUT2D eigenvalue weighted by Crippen LogP contribution is -2.60. The van der Waals surface area contributed by atoms with E-state index in [1.165, 1.54) is 32.1 Å². The second-order valence-corrected chi connectivity index (χ2v) is 12.9. The summed E-state index contributed by atoms with van der Waals surface area (Å²) in [7, 11) is 0. The number of urea groups is 1. The molecule has 0 unspecified atom stereocenters. The fourth-order valence-corrected chi connectivity index (χ4v) is 9.24. The number of carbonyl (C=O) groups is 1. The molecule has 0 aromatic carbocycles. The molecular weight excluding hydrogens is 466 g/mol. The molecule has 0 radical (unpaired) electrons. The summed E-state index contributed by atoms with van der Waals surface area (Å²) in [5.41, 5.74) is 3.04. The first-order valence-electron chi connectivity index (χ1n) is 14.5. The standard InChI is InChI=1S/C30H43N3O4/c1-29-11-9-21(32-28(36)33-14-13-31-16-22(33)17-34)15-20(29)4-5-23-25-7-6-24(19-3-8-27(35)37-18-19)30(25,2)12-10-26(23)29/h3,7-8,18,20-24,26,31,34H,4-6,9-17H2,1-2H3,(H,32,36)/t20-,21+,22+,23+,24-,26+,29+,30-/m1/s1. The molecule has 2 heterocycles. The first-order chi connectivity index (χ1) is 17.8. The molecule has 7 heteroatoms. The molecule has 2 amide bonds. The van der Waals surface area contributed by atoms with Crippen molar-refractivity contribution < 1.29 is 14.3 Å². The van der Waals surface area contributed by atoms with E-state index in [0.29, 0.717) is 42.2 Å². The van der Waals surface area contributed by atoms with Gasteiger partial charge in [0.25, 0.3) is 0 Å². The van der Waals surface area contributed by atoms with Crippen molar-refractivity contribution in [3.8, 4) is 0 Å². The van der Waals surface area contributed by atoms with Gasteiger partial charge >= 0.3 is 11.7 Å². The summed E-state index contributed by atoms with van der Waals surface area (Å²) in [5.74, 6) is 2.41. The van der Waals surface area contributed by atoms with Crippen molar-refractivity contribution in [2.75, 3.05) is 26.2 Å². The van der Waals surface area contributed by atoms with Crippen LogP contribution < -0.4 is 16.3 Å². The fraction of sp³-hybridized carbons (Fsp3) is 0.733. The third-order valence-electron chi connectivity index (χ3n) is 11.3. The van der Waals surface area contributed by atoms with E-state index in [1.807, 2.05) is 11.0 Å². The highest BCUT2D eigenvalue weighted by Crippen LogP contribution is 2.67. The molecular formula is C30H43N3O4. The van der Waals surface area contributed by atoms with Gasteiger partial charge in [-0.2, -0.15) is 0 Å². The summed E-state index contributed by atoms with van der Waals surface area (Å²) in [4.78, 5) is 26.4. The number of carbonyl (C=O) groups excluding carboxylic acids is 1. The van der Waals surface area contributed by atoms with Crippen LogP contribution in [0.15, 0.2) is 39.3 Å². The minimum atomic E-state index is -0.275. The van der Waals surface area contributed by atoms with E-state index >= 15 is 0 Å². The lowest BCUT2D eigenvalue weighted by atomic mass is 9.45. The van der Waals surface area contributed by atoms with Gasteiger partial charge in [0.2, 0.25) is 0 Å². The van der Waals surface area contributed by atoms with Gasteiger partial charge < -0.3 is 25.1 Å².